The van der Waals surface area contributed by atoms with Crippen LogP contribution in [0.25, 0.3) is 5.69 Å². The standard InChI is InChI=1S/C24H34N8O3.ClH/c1-24(2,26)21(33)30-11-13-31(14-12-30)22(34)27-20-8-10-32(23(35)28-20)19-5-3-17(4-6-19)7-9-29-15-18(25)16-29;/h3-6,8,10,18H,7,9,11-16,25-26H2,1-2H3,(H,27,28,34,35);1H. The van der Waals surface area contributed by atoms with Crippen LogP contribution >= 0.6 is 12.4 Å². The Balaban J connectivity index is 0.00000361. The molecular formula is C24H35ClN8O3. The predicted octanol–water partition coefficient (Wildman–Crippen LogP) is 0.253. The van der Waals surface area contributed by atoms with E-state index in [1.165, 1.54) is 10.1 Å². The number of nitrogens with zero attached hydrogens (tertiary/aromatic N) is 5. The number of carbonyl (C=O) groups excluding carboxylic acids is 2. The van der Waals surface area contributed by atoms with Crippen LogP contribution < -0.4 is 22.5 Å². The number of carbonyl (C=O) groups is 2. The average Bonchev–Trinajstić information content (AvgIpc) is 2.81. The Bertz CT molecular complexity index is 1120. The minimum atomic E-state index is -0.943. The van der Waals surface area contributed by atoms with Gasteiger partial charge in [0, 0.05) is 58.1 Å². The number of benzene rings is 1. The monoisotopic (exact) mass is 518 g/mol. The van der Waals surface area contributed by atoms with E-state index in [0.29, 0.717) is 37.9 Å². The van der Waals surface area contributed by atoms with Gasteiger partial charge >= 0.3 is 11.7 Å². The van der Waals surface area contributed by atoms with Crippen LogP contribution in [-0.2, 0) is 11.2 Å². The molecule has 196 valence electrons. The molecule has 3 heterocycles. The van der Waals surface area contributed by atoms with Crippen molar-refractivity contribution in [2.45, 2.75) is 31.8 Å². The maximum atomic E-state index is 12.6. The largest absolute Gasteiger partial charge is 0.354 e. The molecule has 0 aliphatic carbocycles. The lowest BCUT2D eigenvalue weighted by Crippen LogP contribution is -2.58. The quantitative estimate of drug-likeness (QED) is 0.497. The number of aromatic nitrogens is 2. The molecule has 36 heavy (non-hydrogen) atoms. The van der Waals surface area contributed by atoms with E-state index in [1.807, 2.05) is 24.3 Å². The molecule has 2 saturated heterocycles. The Labute approximate surface area is 216 Å². The number of halogens is 1. The van der Waals surface area contributed by atoms with Gasteiger partial charge in [0.05, 0.1) is 11.2 Å². The molecule has 3 amide bonds. The summed E-state index contributed by atoms with van der Waals surface area (Å²) in [5, 5.41) is 2.68. The number of urea groups is 1. The number of hydrogen-bond donors (Lipinski definition) is 3. The number of nitrogens with two attached hydrogens (primary N) is 2. The highest BCUT2D eigenvalue weighted by Gasteiger charge is 2.31. The van der Waals surface area contributed by atoms with Crippen LogP contribution in [0.4, 0.5) is 10.6 Å². The molecule has 5 N–H and O–H groups in total. The van der Waals surface area contributed by atoms with E-state index in [4.69, 9.17) is 11.5 Å². The number of hydrogen-bond acceptors (Lipinski definition) is 7. The zero-order valence-corrected chi connectivity index (χ0v) is 21.5. The van der Waals surface area contributed by atoms with Crippen molar-refractivity contribution in [2.24, 2.45) is 11.5 Å². The smallest absolute Gasteiger partial charge is 0.338 e. The van der Waals surface area contributed by atoms with Crippen molar-refractivity contribution < 1.29 is 9.59 Å². The van der Waals surface area contributed by atoms with Crippen molar-refractivity contribution >= 4 is 30.2 Å². The van der Waals surface area contributed by atoms with E-state index in [9.17, 15) is 14.4 Å². The summed E-state index contributed by atoms with van der Waals surface area (Å²) in [6, 6.07) is 9.33. The Kier molecular flexibility index (Phi) is 8.72. The highest BCUT2D eigenvalue weighted by Crippen LogP contribution is 2.13. The summed E-state index contributed by atoms with van der Waals surface area (Å²) >= 11 is 0. The zero-order chi connectivity index (χ0) is 25.2. The Morgan fingerprint density at radius 3 is 2.22 bits per heavy atom. The van der Waals surface area contributed by atoms with Gasteiger partial charge in [0.2, 0.25) is 5.91 Å². The number of likely N-dealkylation sites (tertiary alicyclic amines) is 1. The molecule has 2 fully saturated rings. The van der Waals surface area contributed by atoms with Gasteiger partial charge in [-0.25, -0.2) is 9.59 Å². The summed E-state index contributed by atoms with van der Waals surface area (Å²) in [7, 11) is 0. The van der Waals surface area contributed by atoms with Gasteiger partial charge in [-0.1, -0.05) is 12.1 Å². The fraction of sp³-hybridized carbons (Fsp3) is 0.500. The first-order valence-electron chi connectivity index (χ1n) is 11.9. The summed E-state index contributed by atoms with van der Waals surface area (Å²) in [5.41, 5.74) is 12.2. The molecule has 4 rings (SSSR count). The van der Waals surface area contributed by atoms with E-state index >= 15 is 0 Å². The predicted molar refractivity (Wildman–Crippen MR) is 141 cm³/mol. The third-order valence-electron chi connectivity index (χ3n) is 6.36. The van der Waals surface area contributed by atoms with Gasteiger partial charge in [-0.15, -0.1) is 12.4 Å². The molecule has 2 aliphatic rings. The molecule has 1 aromatic carbocycles. The average molecular weight is 519 g/mol. The van der Waals surface area contributed by atoms with Gasteiger partial charge in [-0.3, -0.25) is 19.6 Å². The lowest BCUT2D eigenvalue weighted by atomic mass is 10.1. The summed E-state index contributed by atoms with van der Waals surface area (Å²) < 4.78 is 1.44. The number of amides is 3. The summed E-state index contributed by atoms with van der Waals surface area (Å²) in [5.74, 6) is 0.0407. The molecule has 0 bridgehead atoms. The number of piperazine rings is 1. The lowest BCUT2D eigenvalue weighted by Gasteiger charge is -2.37. The number of anilines is 1. The Morgan fingerprint density at radius 1 is 1.06 bits per heavy atom. The van der Waals surface area contributed by atoms with Crippen molar-refractivity contribution in [3.63, 3.8) is 0 Å². The highest BCUT2D eigenvalue weighted by atomic mass is 35.5. The number of rotatable bonds is 6. The Hall–Kier alpha value is -2.99. The minimum Gasteiger partial charge on any atom is -0.338 e. The lowest BCUT2D eigenvalue weighted by molar-refractivity contribution is -0.137. The highest BCUT2D eigenvalue weighted by molar-refractivity contribution is 5.89. The van der Waals surface area contributed by atoms with Crippen LogP contribution in [0.5, 0.6) is 0 Å². The molecule has 2 aromatic rings. The zero-order valence-electron chi connectivity index (χ0n) is 20.7. The summed E-state index contributed by atoms with van der Waals surface area (Å²) in [6.45, 7) is 7.77. The molecule has 0 spiro atoms. The summed E-state index contributed by atoms with van der Waals surface area (Å²) in [4.78, 5) is 47.1. The second-order valence-electron chi connectivity index (χ2n) is 9.83. The second-order valence-corrected chi connectivity index (χ2v) is 9.83. The van der Waals surface area contributed by atoms with E-state index in [0.717, 1.165) is 26.1 Å². The van der Waals surface area contributed by atoms with E-state index in [-0.39, 0.29) is 30.2 Å². The first-order chi connectivity index (χ1) is 16.6. The first-order valence-corrected chi connectivity index (χ1v) is 11.9. The second kappa shape index (κ2) is 11.4. The van der Waals surface area contributed by atoms with Crippen LogP contribution in [0.2, 0.25) is 0 Å². The molecule has 0 saturated carbocycles. The van der Waals surface area contributed by atoms with Crippen LogP contribution in [0.3, 0.4) is 0 Å². The molecule has 0 radical (unpaired) electrons. The molecule has 12 heteroatoms. The van der Waals surface area contributed by atoms with Crippen LogP contribution in [0.1, 0.15) is 19.4 Å². The SMILES string of the molecule is CC(C)(N)C(=O)N1CCN(C(=O)Nc2ccn(-c3ccc(CCN4CC(N)C4)cc3)c(=O)n2)CC1.Cl. The van der Waals surface area contributed by atoms with Gasteiger partial charge in [0.15, 0.2) is 0 Å². The van der Waals surface area contributed by atoms with Crippen molar-refractivity contribution in [3.05, 3.63) is 52.6 Å². The van der Waals surface area contributed by atoms with Crippen molar-refractivity contribution in [1.82, 2.24) is 24.3 Å². The molecule has 0 unspecified atom stereocenters. The minimum absolute atomic E-state index is 0. The first kappa shape index (κ1) is 27.6. The molecule has 2 aliphatic heterocycles. The van der Waals surface area contributed by atoms with Gasteiger partial charge in [-0.05, 0) is 44.0 Å². The van der Waals surface area contributed by atoms with Crippen molar-refractivity contribution in [2.75, 3.05) is 51.1 Å². The molecule has 11 nitrogen and oxygen atoms in total. The van der Waals surface area contributed by atoms with E-state index in [1.54, 1.807) is 35.9 Å². The molecule has 0 atom stereocenters. The van der Waals surface area contributed by atoms with Gasteiger partial charge in [-0.2, -0.15) is 4.98 Å². The third-order valence-corrected chi connectivity index (χ3v) is 6.36. The molecular weight excluding hydrogens is 484 g/mol. The normalized spacial score (nSPS) is 16.8. The van der Waals surface area contributed by atoms with Crippen LogP contribution in [0, 0.1) is 0 Å². The summed E-state index contributed by atoms with van der Waals surface area (Å²) in [6.07, 6.45) is 2.53. The van der Waals surface area contributed by atoms with Crippen LogP contribution in [-0.4, -0.2) is 93.6 Å². The van der Waals surface area contributed by atoms with Gasteiger partial charge in [0.1, 0.15) is 5.82 Å². The Morgan fingerprint density at radius 2 is 1.67 bits per heavy atom. The van der Waals surface area contributed by atoms with Gasteiger partial charge in [0.25, 0.3) is 0 Å². The maximum absolute atomic E-state index is 12.6. The van der Waals surface area contributed by atoms with Crippen molar-refractivity contribution in [1.29, 1.82) is 0 Å². The van der Waals surface area contributed by atoms with Crippen molar-refractivity contribution in [3.8, 4) is 5.69 Å². The topological polar surface area (TPSA) is 143 Å². The molecule has 1 aromatic heterocycles. The van der Waals surface area contributed by atoms with E-state index < -0.39 is 11.2 Å². The maximum Gasteiger partial charge on any atom is 0.354 e. The van der Waals surface area contributed by atoms with Gasteiger partial charge < -0.3 is 21.3 Å². The fourth-order valence-corrected chi connectivity index (χ4v) is 4.28. The van der Waals surface area contributed by atoms with E-state index in [2.05, 4.69) is 15.2 Å². The fourth-order valence-electron chi connectivity index (χ4n) is 4.28. The van der Waals surface area contributed by atoms with Crippen LogP contribution in [0.15, 0.2) is 41.3 Å². The third kappa shape index (κ3) is 6.61. The number of nitrogens with one attached hydrogen (secondary N) is 1.